The van der Waals surface area contributed by atoms with Crippen LogP contribution in [0.4, 0.5) is 0 Å². The number of benzene rings is 2. The van der Waals surface area contributed by atoms with E-state index in [1.54, 1.807) is 24.5 Å². The van der Waals surface area contributed by atoms with E-state index in [-0.39, 0.29) is 5.97 Å². The van der Waals surface area contributed by atoms with Gasteiger partial charge >= 0.3 is 5.97 Å². The van der Waals surface area contributed by atoms with Gasteiger partial charge in [0.1, 0.15) is 5.82 Å². The molecule has 2 aromatic heterocycles. The van der Waals surface area contributed by atoms with Crippen molar-refractivity contribution in [2.75, 3.05) is 7.11 Å². The predicted octanol–water partition coefficient (Wildman–Crippen LogP) is 3.93. The third kappa shape index (κ3) is 2.95. The van der Waals surface area contributed by atoms with Crippen molar-refractivity contribution in [2.45, 2.75) is 6.54 Å². The standard InChI is InChI=1S/C21H17N3O2/c1-26-21(25)17-8-6-15(7-9-17)14-24-19-5-3-2-4-18(19)23-20(24)16-10-12-22-13-11-16/h2-13H,14H2,1H3. The van der Waals surface area contributed by atoms with Gasteiger partial charge in [0.25, 0.3) is 0 Å². The maximum Gasteiger partial charge on any atom is 0.337 e. The highest BCUT2D eigenvalue weighted by atomic mass is 16.5. The average molecular weight is 343 g/mol. The van der Waals surface area contributed by atoms with Gasteiger partial charge in [-0.3, -0.25) is 4.98 Å². The first-order chi connectivity index (χ1) is 12.8. The number of nitrogens with zero attached hydrogens (tertiary/aromatic N) is 3. The number of pyridine rings is 1. The van der Waals surface area contributed by atoms with Crippen LogP contribution < -0.4 is 0 Å². The highest BCUT2D eigenvalue weighted by molar-refractivity contribution is 5.89. The summed E-state index contributed by atoms with van der Waals surface area (Å²) < 4.78 is 6.93. The molecule has 4 rings (SSSR count). The molecule has 4 aromatic rings. The van der Waals surface area contributed by atoms with Crippen molar-refractivity contribution in [1.29, 1.82) is 0 Å². The van der Waals surface area contributed by atoms with Gasteiger partial charge in [-0.2, -0.15) is 0 Å². The zero-order valence-electron chi connectivity index (χ0n) is 14.3. The van der Waals surface area contributed by atoms with Gasteiger partial charge in [-0.15, -0.1) is 0 Å². The summed E-state index contributed by atoms with van der Waals surface area (Å²) in [7, 11) is 1.38. The molecule has 2 aromatic carbocycles. The number of carbonyl (C=O) groups is 1. The minimum atomic E-state index is -0.331. The molecule has 0 fully saturated rings. The Bertz CT molecular complexity index is 1050. The number of esters is 1. The number of rotatable bonds is 4. The molecule has 0 aliphatic rings. The number of para-hydroxylation sites is 2. The van der Waals surface area contributed by atoms with Gasteiger partial charge in [-0.1, -0.05) is 24.3 Å². The summed E-state index contributed by atoms with van der Waals surface area (Å²) in [5.41, 5.74) is 4.65. The summed E-state index contributed by atoms with van der Waals surface area (Å²) in [5, 5.41) is 0. The highest BCUT2D eigenvalue weighted by Crippen LogP contribution is 2.25. The van der Waals surface area contributed by atoms with Gasteiger partial charge in [0.05, 0.1) is 23.7 Å². The number of fused-ring (bicyclic) bond motifs is 1. The summed E-state index contributed by atoms with van der Waals surface area (Å²) in [6.07, 6.45) is 3.54. The van der Waals surface area contributed by atoms with Crippen molar-refractivity contribution < 1.29 is 9.53 Å². The zero-order chi connectivity index (χ0) is 17.9. The summed E-state index contributed by atoms with van der Waals surface area (Å²) in [5.74, 6) is 0.563. The van der Waals surface area contributed by atoms with E-state index < -0.39 is 0 Å². The quantitative estimate of drug-likeness (QED) is 0.527. The Morgan fingerprint density at radius 2 is 1.73 bits per heavy atom. The topological polar surface area (TPSA) is 57.0 Å². The van der Waals surface area contributed by atoms with E-state index in [1.807, 2.05) is 42.5 Å². The first-order valence-electron chi connectivity index (χ1n) is 8.29. The van der Waals surface area contributed by atoms with Crippen molar-refractivity contribution in [2.24, 2.45) is 0 Å². The Balaban J connectivity index is 1.77. The molecular weight excluding hydrogens is 326 g/mol. The lowest BCUT2D eigenvalue weighted by molar-refractivity contribution is 0.0600. The van der Waals surface area contributed by atoms with Crippen molar-refractivity contribution in [3.63, 3.8) is 0 Å². The van der Waals surface area contributed by atoms with Crippen LogP contribution in [0.1, 0.15) is 15.9 Å². The molecule has 26 heavy (non-hydrogen) atoms. The molecule has 0 unspecified atom stereocenters. The molecule has 128 valence electrons. The Kier molecular flexibility index (Phi) is 4.19. The Morgan fingerprint density at radius 3 is 2.46 bits per heavy atom. The van der Waals surface area contributed by atoms with Gasteiger partial charge < -0.3 is 9.30 Å². The summed E-state index contributed by atoms with van der Waals surface area (Å²) in [6.45, 7) is 0.652. The van der Waals surface area contributed by atoms with Crippen LogP contribution in [0.5, 0.6) is 0 Å². The second-order valence-electron chi connectivity index (χ2n) is 5.93. The molecule has 0 aliphatic heterocycles. The van der Waals surface area contributed by atoms with Gasteiger partial charge in [0.2, 0.25) is 0 Å². The Labute approximate surface area is 150 Å². The van der Waals surface area contributed by atoms with E-state index in [9.17, 15) is 4.79 Å². The van der Waals surface area contributed by atoms with Crippen LogP contribution in [0.15, 0.2) is 73.1 Å². The molecule has 0 amide bonds. The lowest BCUT2D eigenvalue weighted by Gasteiger charge is -2.10. The number of ether oxygens (including phenoxy) is 1. The van der Waals surface area contributed by atoms with Gasteiger partial charge in [-0.05, 0) is 42.0 Å². The van der Waals surface area contributed by atoms with Crippen molar-refractivity contribution in [3.05, 3.63) is 84.2 Å². The fourth-order valence-corrected chi connectivity index (χ4v) is 3.00. The van der Waals surface area contributed by atoms with Crippen molar-refractivity contribution >= 4 is 17.0 Å². The van der Waals surface area contributed by atoms with Crippen LogP contribution in [0, 0.1) is 0 Å². The molecule has 0 saturated heterocycles. The van der Waals surface area contributed by atoms with Crippen LogP contribution in [0.25, 0.3) is 22.4 Å². The fourth-order valence-electron chi connectivity index (χ4n) is 3.00. The molecule has 5 nitrogen and oxygen atoms in total. The second kappa shape index (κ2) is 6.80. The first-order valence-corrected chi connectivity index (χ1v) is 8.29. The second-order valence-corrected chi connectivity index (χ2v) is 5.93. The number of aromatic nitrogens is 3. The maximum absolute atomic E-state index is 11.6. The van der Waals surface area contributed by atoms with E-state index in [2.05, 4.69) is 15.6 Å². The maximum atomic E-state index is 11.6. The van der Waals surface area contributed by atoms with Crippen LogP contribution >= 0.6 is 0 Å². The van der Waals surface area contributed by atoms with E-state index in [0.29, 0.717) is 12.1 Å². The lowest BCUT2D eigenvalue weighted by atomic mass is 10.1. The third-order valence-corrected chi connectivity index (χ3v) is 4.31. The Hall–Kier alpha value is -3.47. The van der Waals surface area contributed by atoms with E-state index in [1.165, 1.54) is 7.11 Å². The Morgan fingerprint density at radius 1 is 1.00 bits per heavy atom. The molecule has 5 heteroatoms. The number of carbonyl (C=O) groups excluding carboxylic acids is 1. The molecule has 0 radical (unpaired) electrons. The van der Waals surface area contributed by atoms with Gasteiger partial charge in [-0.25, -0.2) is 9.78 Å². The first kappa shape index (κ1) is 16.0. The molecule has 0 aliphatic carbocycles. The number of imidazole rings is 1. The molecular formula is C21H17N3O2. The normalized spacial score (nSPS) is 10.8. The minimum Gasteiger partial charge on any atom is -0.465 e. The molecule has 0 spiro atoms. The molecule has 0 bridgehead atoms. The van der Waals surface area contributed by atoms with Crippen LogP contribution in [0.3, 0.4) is 0 Å². The van der Waals surface area contributed by atoms with Crippen molar-refractivity contribution in [1.82, 2.24) is 14.5 Å². The smallest absolute Gasteiger partial charge is 0.337 e. The summed E-state index contributed by atoms with van der Waals surface area (Å²) in [6, 6.07) is 19.4. The largest absolute Gasteiger partial charge is 0.465 e. The van der Waals surface area contributed by atoms with Gasteiger partial charge in [0.15, 0.2) is 0 Å². The summed E-state index contributed by atoms with van der Waals surface area (Å²) in [4.78, 5) is 20.5. The SMILES string of the molecule is COC(=O)c1ccc(Cn2c(-c3ccncc3)nc3ccccc32)cc1. The summed E-state index contributed by atoms with van der Waals surface area (Å²) >= 11 is 0. The molecule has 0 saturated carbocycles. The zero-order valence-corrected chi connectivity index (χ0v) is 14.3. The van der Waals surface area contributed by atoms with Crippen LogP contribution in [0.2, 0.25) is 0 Å². The molecule has 0 atom stereocenters. The minimum absolute atomic E-state index is 0.331. The average Bonchev–Trinajstić information content (AvgIpc) is 3.07. The van der Waals surface area contributed by atoms with Crippen molar-refractivity contribution in [3.8, 4) is 11.4 Å². The van der Waals surface area contributed by atoms with E-state index >= 15 is 0 Å². The number of hydrogen-bond donors (Lipinski definition) is 0. The predicted molar refractivity (Wildman–Crippen MR) is 99.8 cm³/mol. The highest BCUT2D eigenvalue weighted by Gasteiger charge is 2.13. The number of methoxy groups -OCH3 is 1. The van der Waals surface area contributed by atoms with E-state index in [4.69, 9.17) is 9.72 Å². The third-order valence-electron chi connectivity index (χ3n) is 4.31. The van der Waals surface area contributed by atoms with Crippen LogP contribution in [-0.4, -0.2) is 27.6 Å². The molecule has 0 N–H and O–H groups in total. The monoisotopic (exact) mass is 343 g/mol. The molecule has 2 heterocycles. The van der Waals surface area contributed by atoms with Gasteiger partial charge in [0, 0.05) is 24.5 Å². The van der Waals surface area contributed by atoms with E-state index in [0.717, 1.165) is 28.0 Å². The fraction of sp³-hybridized carbons (Fsp3) is 0.0952. The number of hydrogen-bond acceptors (Lipinski definition) is 4. The van der Waals surface area contributed by atoms with Crippen LogP contribution in [-0.2, 0) is 11.3 Å². The lowest BCUT2D eigenvalue weighted by Crippen LogP contribution is -2.04.